The second-order valence-electron chi connectivity index (χ2n) is 5.71. The number of fused-ring (bicyclic) bond motifs is 1. The van der Waals surface area contributed by atoms with Crippen LogP contribution in [-0.4, -0.2) is 10.8 Å². The maximum atomic E-state index is 13.1. The Hall–Kier alpha value is -2.98. The number of carbonyl (C=O) groups is 1. The van der Waals surface area contributed by atoms with Gasteiger partial charge in [-0.05, 0) is 42.1 Å². The molecule has 0 saturated heterocycles. The third-order valence-corrected chi connectivity index (χ3v) is 4.95. The second kappa shape index (κ2) is 6.49. The number of rotatable bonds is 4. The Kier molecular flexibility index (Phi) is 4.04. The summed E-state index contributed by atoms with van der Waals surface area (Å²) in [6.45, 7) is 2.03. The summed E-state index contributed by atoms with van der Waals surface area (Å²) in [6.07, 6.45) is 1.88. The summed E-state index contributed by atoms with van der Waals surface area (Å²) in [5, 5.41) is 2.01. The normalized spacial score (nSPS) is 11.8. The lowest BCUT2D eigenvalue weighted by Gasteiger charge is -2.03. The van der Waals surface area contributed by atoms with Gasteiger partial charge in [-0.25, -0.2) is 4.98 Å². The van der Waals surface area contributed by atoms with E-state index in [1.54, 1.807) is 23.5 Å². The number of hydrogen-bond donors (Lipinski definition) is 0. The Morgan fingerprint density at radius 1 is 1.04 bits per heavy atom. The molecule has 0 radical (unpaired) electrons. The number of benzene rings is 2. The molecular weight excluding hydrogens is 330 g/mol. The number of aromatic nitrogens is 1. The molecule has 3 nitrogen and oxygen atoms in total. The van der Waals surface area contributed by atoms with Crippen LogP contribution < -0.4 is 0 Å². The third kappa shape index (κ3) is 3.04. The van der Waals surface area contributed by atoms with E-state index >= 15 is 0 Å². The van der Waals surface area contributed by atoms with Gasteiger partial charge in [-0.15, -0.1) is 11.3 Å². The molecule has 122 valence electrons. The third-order valence-electron chi connectivity index (χ3n) is 3.98. The van der Waals surface area contributed by atoms with Crippen LogP contribution in [0, 0.1) is 6.92 Å². The predicted molar refractivity (Wildman–Crippen MR) is 102 cm³/mol. The Labute approximate surface area is 149 Å². The van der Waals surface area contributed by atoms with Gasteiger partial charge in [0.1, 0.15) is 5.52 Å². The highest BCUT2D eigenvalue weighted by atomic mass is 32.1. The Bertz CT molecular complexity index is 1040. The lowest BCUT2D eigenvalue weighted by atomic mass is 10.0. The zero-order valence-electron chi connectivity index (χ0n) is 13.6. The van der Waals surface area contributed by atoms with Gasteiger partial charge in [0.05, 0.1) is 5.57 Å². The number of para-hydroxylation sites is 2. The van der Waals surface area contributed by atoms with E-state index in [1.807, 2.05) is 66.9 Å². The Balaban J connectivity index is 1.88. The van der Waals surface area contributed by atoms with Gasteiger partial charge >= 0.3 is 0 Å². The lowest BCUT2D eigenvalue weighted by Crippen LogP contribution is -2.03. The standard InChI is InChI=1S/C21H15NO2S/c1-14-11-12-25-19(14)13-16(20(23)15-7-3-2-4-8-15)21-22-17-9-5-6-10-18(17)24-21/h2-13H,1H3. The highest BCUT2D eigenvalue weighted by molar-refractivity contribution is 7.11. The van der Waals surface area contributed by atoms with E-state index in [-0.39, 0.29) is 5.78 Å². The zero-order chi connectivity index (χ0) is 17.2. The van der Waals surface area contributed by atoms with Crippen LogP contribution in [0.2, 0.25) is 0 Å². The first-order chi connectivity index (χ1) is 12.2. The van der Waals surface area contributed by atoms with Crippen LogP contribution in [-0.2, 0) is 0 Å². The summed E-state index contributed by atoms with van der Waals surface area (Å²) in [7, 11) is 0. The van der Waals surface area contributed by atoms with E-state index in [4.69, 9.17) is 4.42 Å². The van der Waals surface area contributed by atoms with Crippen molar-refractivity contribution in [3.05, 3.63) is 87.9 Å². The fourth-order valence-electron chi connectivity index (χ4n) is 2.62. The molecule has 0 fully saturated rings. The maximum absolute atomic E-state index is 13.1. The first-order valence-corrected chi connectivity index (χ1v) is 8.82. The summed E-state index contributed by atoms with van der Waals surface area (Å²) < 4.78 is 5.87. The minimum absolute atomic E-state index is 0.0973. The van der Waals surface area contributed by atoms with Crippen molar-refractivity contribution < 1.29 is 9.21 Å². The van der Waals surface area contributed by atoms with Crippen molar-refractivity contribution in [1.82, 2.24) is 4.98 Å². The molecule has 4 aromatic rings. The van der Waals surface area contributed by atoms with Crippen LogP contribution >= 0.6 is 11.3 Å². The maximum Gasteiger partial charge on any atom is 0.231 e. The van der Waals surface area contributed by atoms with E-state index in [0.29, 0.717) is 22.6 Å². The van der Waals surface area contributed by atoms with Crippen LogP contribution in [0.5, 0.6) is 0 Å². The predicted octanol–water partition coefficient (Wildman–Crippen LogP) is 5.62. The summed E-state index contributed by atoms with van der Waals surface area (Å²) >= 11 is 1.59. The van der Waals surface area contributed by atoms with Gasteiger partial charge in [-0.2, -0.15) is 0 Å². The highest BCUT2D eigenvalue weighted by Crippen LogP contribution is 2.28. The average molecular weight is 345 g/mol. The van der Waals surface area contributed by atoms with Crippen molar-refractivity contribution in [2.45, 2.75) is 6.92 Å². The number of aryl methyl sites for hydroxylation is 1. The first-order valence-electron chi connectivity index (χ1n) is 7.94. The SMILES string of the molecule is Cc1ccsc1C=C(C(=O)c1ccccc1)c1nc2ccccc2o1. The molecule has 0 aliphatic heterocycles. The van der Waals surface area contributed by atoms with E-state index < -0.39 is 0 Å². The van der Waals surface area contributed by atoms with Gasteiger partial charge in [0.25, 0.3) is 0 Å². The molecule has 0 bridgehead atoms. The molecule has 0 amide bonds. The Morgan fingerprint density at radius 2 is 1.80 bits per heavy atom. The fourth-order valence-corrected chi connectivity index (χ4v) is 3.48. The number of oxazole rings is 1. The van der Waals surface area contributed by atoms with Crippen molar-refractivity contribution in [3.63, 3.8) is 0 Å². The number of thiophene rings is 1. The van der Waals surface area contributed by atoms with Crippen LogP contribution in [0.1, 0.15) is 26.7 Å². The van der Waals surface area contributed by atoms with Gasteiger partial charge < -0.3 is 4.42 Å². The monoisotopic (exact) mass is 345 g/mol. The van der Waals surface area contributed by atoms with Crippen molar-refractivity contribution in [1.29, 1.82) is 0 Å². The number of nitrogens with zero attached hydrogens (tertiary/aromatic N) is 1. The zero-order valence-corrected chi connectivity index (χ0v) is 14.4. The summed E-state index contributed by atoms with van der Waals surface area (Å²) in [5.41, 5.74) is 3.62. The molecule has 0 unspecified atom stereocenters. The van der Waals surface area contributed by atoms with Crippen molar-refractivity contribution >= 4 is 39.9 Å². The number of Topliss-reactive ketones (excluding diaryl/α,β-unsaturated/α-hetero) is 1. The fraction of sp³-hybridized carbons (Fsp3) is 0.0476. The van der Waals surface area contributed by atoms with E-state index in [1.165, 1.54) is 0 Å². The van der Waals surface area contributed by atoms with Crippen LogP contribution in [0.15, 0.2) is 70.5 Å². The molecule has 4 heteroatoms. The number of carbonyl (C=O) groups excluding carboxylic acids is 1. The van der Waals surface area contributed by atoms with Crippen LogP contribution in [0.25, 0.3) is 22.7 Å². The molecule has 0 aliphatic carbocycles. The molecule has 0 N–H and O–H groups in total. The summed E-state index contributed by atoms with van der Waals surface area (Å²) in [6, 6.07) is 18.8. The average Bonchev–Trinajstić information content (AvgIpc) is 3.25. The highest BCUT2D eigenvalue weighted by Gasteiger charge is 2.20. The topological polar surface area (TPSA) is 43.1 Å². The summed E-state index contributed by atoms with van der Waals surface area (Å²) in [5.74, 6) is 0.253. The van der Waals surface area contributed by atoms with E-state index in [0.717, 1.165) is 16.0 Å². The summed E-state index contributed by atoms with van der Waals surface area (Å²) in [4.78, 5) is 18.6. The quantitative estimate of drug-likeness (QED) is 0.356. The molecule has 25 heavy (non-hydrogen) atoms. The molecule has 2 aromatic carbocycles. The van der Waals surface area contributed by atoms with Gasteiger partial charge in [0.2, 0.25) is 5.89 Å². The number of ketones is 1. The van der Waals surface area contributed by atoms with Crippen LogP contribution in [0.3, 0.4) is 0 Å². The molecule has 0 atom stereocenters. The molecule has 2 heterocycles. The largest absolute Gasteiger partial charge is 0.436 e. The molecule has 0 spiro atoms. The molecular formula is C21H15NO2S. The van der Waals surface area contributed by atoms with Gasteiger partial charge in [-0.1, -0.05) is 42.5 Å². The second-order valence-corrected chi connectivity index (χ2v) is 6.66. The van der Waals surface area contributed by atoms with Gasteiger partial charge in [0.15, 0.2) is 11.4 Å². The molecule has 0 aliphatic rings. The molecule has 4 rings (SSSR count). The van der Waals surface area contributed by atoms with Crippen molar-refractivity contribution in [2.75, 3.05) is 0 Å². The van der Waals surface area contributed by atoms with E-state index in [9.17, 15) is 4.79 Å². The number of hydrogen-bond acceptors (Lipinski definition) is 4. The minimum Gasteiger partial charge on any atom is -0.436 e. The van der Waals surface area contributed by atoms with Gasteiger partial charge in [0, 0.05) is 10.4 Å². The van der Waals surface area contributed by atoms with Crippen molar-refractivity contribution in [2.24, 2.45) is 0 Å². The van der Waals surface area contributed by atoms with E-state index in [2.05, 4.69) is 4.98 Å². The molecule has 2 aromatic heterocycles. The van der Waals surface area contributed by atoms with Crippen LogP contribution in [0.4, 0.5) is 0 Å². The lowest BCUT2D eigenvalue weighted by molar-refractivity contribution is 0.105. The van der Waals surface area contributed by atoms with Gasteiger partial charge in [-0.3, -0.25) is 4.79 Å². The van der Waals surface area contributed by atoms with Crippen molar-refractivity contribution in [3.8, 4) is 0 Å². The number of allylic oxidation sites excluding steroid dienone is 1. The Morgan fingerprint density at radius 3 is 2.52 bits per heavy atom. The molecule has 0 saturated carbocycles. The first kappa shape index (κ1) is 15.5. The smallest absolute Gasteiger partial charge is 0.231 e. The minimum atomic E-state index is -0.0973.